The van der Waals surface area contributed by atoms with E-state index in [1.165, 1.54) is 11.1 Å². The molecular weight excluding hydrogens is 430 g/mol. The average molecular weight is 454 g/mol. The first kappa shape index (κ1) is 22.7. The van der Waals surface area contributed by atoms with Crippen LogP contribution in [0.5, 0.6) is 0 Å². The van der Waals surface area contributed by atoms with Gasteiger partial charge < -0.3 is 10.1 Å². The smallest absolute Gasteiger partial charge is 0.338 e. The lowest BCUT2D eigenvalue weighted by Crippen LogP contribution is -2.11. The van der Waals surface area contributed by atoms with E-state index in [1.807, 2.05) is 26.0 Å². The van der Waals surface area contributed by atoms with Crippen molar-refractivity contribution >= 4 is 51.4 Å². The zero-order valence-corrected chi connectivity index (χ0v) is 19.4. The number of aryl methyl sites for hydroxylation is 2. The maximum atomic E-state index is 12.1. The topological polar surface area (TPSA) is 64.1 Å². The maximum Gasteiger partial charge on any atom is 0.338 e. The summed E-state index contributed by atoms with van der Waals surface area (Å²) in [7, 11) is 0. The number of halogens is 1. The first-order valence-electron chi connectivity index (χ1n) is 9.80. The average Bonchev–Trinajstić information content (AvgIpc) is 3.15. The molecule has 160 valence electrons. The summed E-state index contributed by atoms with van der Waals surface area (Å²) in [5.41, 5.74) is 6.14. The molecule has 0 spiro atoms. The molecule has 2 heterocycles. The molecule has 4 rings (SSSR count). The van der Waals surface area contributed by atoms with Crippen LogP contribution >= 0.6 is 23.7 Å². The molecule has 0 aliphatic heterocycles. The molecule has 0 radical (unpaired) electrons. The van der Waals surface area contributed by atoms with E-state index in [2.05, 4.69) is 52.7 Å². The fraction of sp³-hybridized carbons (Fsp3) is 0.208. The van der Waals surface area contributed by atoms with Gasteiger partial charge in [-0.1, -0.05) is 18.2 Å². The van der Waals surface area contributed by atoms with Crippen LogP contribution in [-0.4, -0.2) is 22.0 Å². The van der Waals surface area contributed by atoms with Crippen molar-refractivity contribution in [1.82, 2.24) is 9.97 Å². The molecule has 0 aliphatic rings. The van der Waals surface area contributed by atoms with Gasteiger partial charge in [-0.2, -0.15) is 0 Å². The molecule has 7 heteroatoms. The van der Waals surface area contributed by atoms with Crippen molar-refractivity contribution in [3.8, 4) is 11.1 Å². The van der Waals surface area contributed by atoms with E-state index >= 15 is 0 Å². The Balaban J connectivity index is 0.00000272. The van der Waals surface area contributed by atoms with Crippen LogP contribution in [0.3, 0.4) is 0 Å². The van der Waals surface area contributed by atoms with E-state index in [-0.39, 0.29) is 24.5 Å². The fourth-order valence-corrected chi connectivity index (χ4v) is 4.12. The zero-order chi connectivity index (χ0) is 21.3. The zero-order valence-electron chi connectivity index (χ0n) is 17.8. The van der Waals surface area contributed by atoms with Gasteiger partial charge in [-0.25, -0.2) is 14.8 Å². The van der Waals surface area contributed by atoms with Crippen molar-refractivity contribution in [1.29, 1.82) is 0 Å². The number of fused-ring (bicyclic) bond motifs is 1. The van der Waals surface area contributed by atoms with Crippen LogP contribution in [0, 0.1) is 13.8 Å². The summed E-state index contributed by atoms with van der Waals surface area (Å²) in [5, 5.41) is 6.50. The van der Waals surface area contributed by atoms with E-state index in [9.17, 15) is 4.79 Å². The number of esters is 1. The molecule has 31 heavy (non-hydrogen) atoms. The number of hydrogen-bond acceptors (Lipinski definition) is 6. The summed E-state index contributed by atoms with van der Waals surface area (Å²) < 4.78 is 5.25. The SMILES string of the molecule is Cc1ccc(-c2csc3ncnc(Nc4ccc(C(=O)OC(C)C)cc4)c23)cc1C.Cl. The number of rotatable bonds is 5. The predicted molar refractivity (Wildman–Crippen MR) is 130 cm³/mol. The quantitative estimate of drug-likeness (QED) is 0.340. The number of benzene rings is 2. The number of carbonyl (C=O) groups is 1. The maximum absolute atomic E-state index is 12.1. The summed E-state index contributed by atoms with van der Waals surface area (Å²) in [4.78, 5) is 21.9. The van der Waals surface area contributed by atoms with E-state index in [1.54, 1.807) is 29.8 Å². The first-order valence-corrected chi connectivity index (χ1v) is 10.7. The molecular formula is C24H24ClN3O2S. The highest BCUT2D eigenvalue weighted by Crippen LogP contribution is 2.38. The summed E-state index contributed by atoms with van der Waals surface area (Å²) in [6.07, 6.45) is 1.42. The second-order valence-electron chi connectivity index (χ2n) is 7.51. The van der Waals surface area contributed by atoms with Crippen molar-refractivity contribution in [3.05, 3.63) is 70.9 Å². The van der Waals surface area contributed by atoms with Gasteiger partial charge in [0.2, 0.25) is 0 Å². The molecule has 0 amide bonds. The Labute approximate surface area is 191 Å². The standard InChI is InChI=1S/C24H23N3O2S.ClH/c1-14(2)29-24(28)17-7-9-19(10-8-17)27-22-21-20(12-30-23(21)26-13-25-22)18-6-5-15(3)16(4)11-18;/h5-14H,1-4H3,(H,25,26,27);1H. The second-order valence-corrected chi connectivity index (χ2v) is 8.37. The molecule has 5 nitrogen and oxygen atoms in total. The number of aromatic nitrogens is 2. The van der Waals surface area contributed by atoms with E-state index < -0.39 is 0 Å². The van der Waals surface area contributed by atoms with Crippen molar-refractivity contribution in [2.75, 3.05) is 5.32 Å². The number of carbonyl (C=O) groups excluding carboxylic acids is 1. The van der Waals surface area contributed by atoms with Gasteiger partial charge in [0.25, 0.3) is 0 Å². The minimum absolute atomic E-state index is 0. The Morgan fingerprint density at radius 3 is 2.45 bits per heavy atom. The van der Waals surface area contributed by atoms with Crippen LogP contribution in [0.4, 0.5) is 11.5 Å². The molecule has 0 unspecified atom stereocenters. The molecule has 0 fully saturated rings. The highest BCUT2D eigenvalue weighted by molar-refractivity contribution is 7.17. The lowest BCUT2D eigenvalue weighted by Gasteiger charge is -2.11. The van der Waals surface area contributed by atoms with Crippen LogP contribution in [0.2, 0.25) is 0 Å². The number of ether oxygens (including phenoxy) is 1. The Kier molecular flexibility index (Phi) is 6.93. The van der Waals surface area contributed by atoms with Crippen molar-refractivity contribution in [2.24, 2.45) is 0 Å². The van der Waals surface area contributed by atoms with Gasteiger partial charge in [-0.15, -0.1) is 23.7 Å². The van der Waals surface area contributed by atoms with E-state index in [0.29, 0.717) is 5.56 Å². The van der Waals surface area contributed by atoms with Crippen LogP contribution < -0.4 is 5.32 Å². The largest absolute Gasteiger partial charge is 0.459 e. The minimum atomic E-state index is -0.323. The summed E-state index contributed by atoms with van der Waals surface area (Å²) in [5.74, 6) is 0.419. The van der Waals surface area contributed by atoms with Crippen LogP contribution in [-0.2, 0) is 4.74 Å². The fourth-order valence-electron chi connectivity index (χ4n) is 3.20. The number of nitrogens with one attached hydrogen (secondary N) is 1. The minimum Gasteiger partial charge on any atom is -0.459 e. The molecule has 0 saturated heterocycles. The number of hydrogen-bond donors (Lipinski definition) is 1. The normalized spacial score (nSPS) is 10.7. The van der Waals surface area contributed by atoms with Crippen molar-refractivity contribution < 1.29 is 9.53 Å². The molecule has 4 aromatic rings. The molecule has 0 bridgehead atoms. The third-order valence-electron chi connectivity index (χ3n) is 4.91. The Hall–Kier alpha value is -2.96. The van der Waals surface area contributed by atoms with E-state index in [0.717, 1.165) is 32.8 Å². The summed E-state index contributed by atoms with van der Waals surface area (Å²) in [6.45, 7) is 7.90. The molecule has 2 aromatic heterocycles. The van der Waals surface area contributed by atoms with Gasteiger partial charge in [-0.3, -0.25) is 0 Å². The highest BCUT2D eigenvalue weighted by atomic mass is 35.5. The second kappa shape index (κ2) is 9.45. The number of anilines is 2. The molecule has 0 saturated carbocycles. The van der Waals surface area contributed by atoms with Crippen LogP contribution in [0.1, 0.15) is 35.3 Å². The Morgan fingerprint density at radius 2 is 1.77 bits per heavy atom. The van der Waals surface area contributed by atoms with Crippen molar-refractivity contribution in [2.45, 2.75) is 33.8 Å². The highest BCUT2D eigenvalue weighted by Gasteiger charge is 2.14. The van der Waals surface area contributed by atoms with Crippen LogP contribution in [0.15, 0.2) is 54.2 Å². The van der Waals surface area contributed by atoms with Gasteiger partial charge in [0.1, 0.15) is 17.0 Å². The van der Waals surface area contributed by atoms with Gasteiger partial charge >= 0.3 is 5.97 Å². The van der Waals surface area contributed by atoms with Gasteiger partial charge in [0.05, 0.1) is 17.1 Å². The van der Waals surface area contributed by atoms with Gasteiger partial charge in [0, 0.05) is 16.6 Å². The van der Waals surface area contributed by atoms with Crippen LogP contribution in [0.25, 0.3) is 21.3 Å². The Bertz CT molecular complexity index is 1220. The lowest BCUT2D eigenvalue weighted by molar-refractivity contribution is 0.0378. The van der Waals surface area contributed by atoms with E-state index in [4.69, 9.17) is 4.74 Å². The van der Waals surface area contributed by atoms with Gasteiger partial charge in [-0.05, 0) is 68.7 Å². The predicted octanol–water partition coefficient (Wildman–Crippen LogP) is 6.71. The number of thiophene rings is 1. The third-order valence-corrected chi connectivity index (χ3v) is 5.80. The monoisotopic (exact) mass is 453 g/mol. The number of nitrogens with zero attached hydrogens (tertiary/aromatic N) is 2. The Morgan fingerprint density at radius 1 is 1.03 bits per heavy atom. The third kappa shape index (κ3) is 4.86. The summed E-state index contributed by atoms with van der Waals surface area (Å²) in [6, 6.07) is 13.7. The molecule has 0 atom stereocenters. The van der Waals surface area contributed by atoms with Gasteiger partial charge in [0.15, 0.2) is 0 Å². The first-order chi connectivity index (χ1) is 14.4. The molecule has 0 aliphatic carbocycles. The lowest BCUT2D eigenvalue weighted by atomic mass is 10.0. The summed E-state index contributed by atoms with van der Waals surface area (Å²) >= 11 is 1.60. The molecule has 2 aromatic carbocycles. The molecule has 1 N–H and O–H groups in total. The van der Waals surface area contributed by atoms with Crippen molar-refractivity contribution in [3.63, 3.8) is 0 Å².